The number of aromatic nitrogens is 3. The quantitative estimate of drug-likeness (QED) is 0.914. The van der Waals surface area contributed by atoms with E-state index in [-0.39, 0.29) is 11.6 Å². The van der Waals surface area contributed by atoms with E-state index in [1.165, 1.54) is 11.3 Å². The molecule has 0 bridgehead atoms. The molecule has 1 atom stereocenters. The Labute approximate surface area is 143 Å². The number of thiazole rings is 1. The predicted octanol–water partition coefficient (Wildman–Crippen LogP) is 1.80. The molecule has 0 saturated carbocycles. The van der Waals surface area contributed by atoms with Gasteiger partial charge in [0.05, 0.1) is 11.2 Å². The number of carbonyl (C=O) groups is 2. The molecule has 2 aromatic rings. The van der Waals surface area contributed by atoms with Gasteiger partial charge in [-0.15, -0.1) is 11.3 Å². The van der Waals surface area contributed by atoms with Gasteiger partial charge in [0.25, 0.3) is 11.8 Å². The number of nitrogens with zero attached hydrogens (tertiary/aromatic N) is 4. The van der Waals surface area contributed by atoms with Crippen molar-refractivity contribution in [1.29, 1.82) is 0 Å². The van der Waals surface area contributed by atoms with E-state index < -0.39 is 11.4 Å². The maximum atomic E-state index is 13.0. The zero-order valence-corrected chi connectivity index (χ0v) is 14.7. The summed E-state index contributed by atoms with van der Waals surface area (Å²) in [5.41, 5.74) is 7.93. The zero-order chi connectivity index (χ0) is 17.5. The van der Waals surface area contributed by atoms with E-state index >= 15 is 0 Å². The summed E-state index contributed by atoms with van der Waals surface area (Å²) in [6.07, 6.45) is 1.58. The first-order valence-electron chi connectivity index (χ1n) is 7.71. The summed E-state index contributed by atoms with van der Waals surface area (Å²) in [5, 5.41) is 0. The minimum absolute atomic E-state index is 0.0688. The van der Waals surface area contributed by atoms with Crippen molar-refractivity contribution in [3.63, 3.8) is 0 Å². The van der Waals surface area contributed by atoms with E-state index in [0.29, 0.717) is 22.9 Å². The highest BCUT2D eigenvalue weighted by Crippen LogP contribution is 2.38. The minimum atomic E-state index is -0.663. The van der Waals surface area contributed by atoms with Crippen LogP contribution in [0.4, 0.5) is 0 Å². The molecule has 2 amide bonds. The third-order valence-electron chi connectivity index (χ3n) is 4.41. The number of likely N-dealkylation sites (tertiary alicyclic amines) is 1. The molecule has 0 spiro atoms. The van der Waals surface area contributed by atoms with Crippen molar-refractivity contribution < 1.29 is 9.59 Å². The number of nitrogens with two attached hydrogens (primary N) is 1. The maximum absolute atomic E-state index is 13.0. The molecule has 126 valence electrons. The average molecular weight is 345 g/mol. The number of hydrogen-bond donors (Lipinski definition) is 1. The molecule has 7 nitrogen and oxygen atoms in total. The molecule has 1 aliphatic rings. The van der Waals surface area contributed by atoms with E-state index in [2.05, 4.69) is 15.0 Å². The van der Waals surface area contributed by atoms with Crippen molar-refractivity contribution in [3.05, 3.63) is 39.4 Å². The first-order valence-corrected chi connectivity index (χ1v) is 8.59. The van der Waals surface area contributed by atoms with Crippen LogP contribution in [0.15, 0.2) is 11.6 Å². The van der Waals surface area contributed by atoms with Crippen LogP contribution in [-0.2, 0) is 5.54 Å². The zero-order valence-electron chi connectivity index (χ0n) is 13.9. The van der Waals surface area contributed by atoms with E-state index in [4.69, 9.17) is 5.73 Å². The number of amides is 2. The van der Waals surface area contributed by atoms with Crippen molar-refractivity contribution in [1.82, 2.24) is 19.9 Å². The molecule has 2 aromatic heterocycles. The standard InChI is InChI=1S/C16H19N5O2S/c1-9-7-11(13(17)22)20-15(19-9)16(3)5-4-6-21(16)14(23)12-10(2)18-8-24-12/h7-8H,4-6H2,1-3H3,(H2,17,22). The molecule has 1 saturated heterocycles. The van der Waals surface area contributed by atoms with Gasteiger partial charge in [0.1, 0.15) is 16.1 Å². The normalized spacial score (nSPS) is 20.4. The van der Waals surface area contributed by atoms with E-state index in [9.17, 15) is 9.59 Å². The molecule has 0 aromatic carbocycles. The Hall–Kier alpha value is -2.35. The Bertz CT molecular complexity index is 819. The molecule has 2 N–H and O–H groups in total. The van der Waals surface area contributed by atoms with Crippen molar-refractivity contribution in [2.45, 2.75) is 39.2 Å². The molecule has 0 aliphatic carbocycles. The van der Waals surface area contributed by atoms with Crippen LogP contribution >= 0.6 is 11.3 Å². The SMILES string of the molecule is Cc1cc(C(N)=O)nc(C2(C)CCCN2C(=O)c2scnc2C)n1. The van der Waals surface area contributed by atoms with Crippen LogP contribution in [0.2, 0.25) is 0 Å². The molecule has 3 heterocycles. The van der Waals surface area contributed by atoms with Crippen LogP contribution in [0.1, 0.15) is 57.1 Å². The second-order valence-electron chi connectivity index (χ2n) is 6.18. The van der Waals surface area contributed by atoms with E-state index in [1.807, 2.05) is 13.8 Å². The van der Waals surface area contributed by atoms with Crippen molar-refractivity contribution in [2.75, 3.05) is 6.54 Å². The fourth-order valence-corrected chi connectivity index (χ4v) is 3.84. The van der Waals surface area contributed by atoms with Gasteiger partial charge in [-0.1, -0.05) is 0 Å². The lowest BCUT2D eigenvalue weighted by molar-refractivity contribution is 0.0607. The summed E-state index contributed by atoms with van der Waals surface area (Å²) in [6, 6.07) is 1.56. The second kappa shape index (κ2) is 5.94. The summed E-state index contributed by atoms with van der Waals surface area (Å²) < 4.78 is 0. The van der Waals surface area contributed by atoms with Gasteiger partial charge < -0.3 is 10.6 Å². The molecule has 1 unspecified atom stereocenters. The van der Waals surface area contributed by atoms with Gasteiger partial charge >= 0.3 is 0 Å². The van der Waals surface area contributed by atoms with Crippen LogP contribution < -0.4 is 5.73 Å². The lowest BCUT2D eigenvalue weighted by Crippen LogP contribution is -2.44. The Kier molecular flexibility index (Phi) is 4.08. The molecule has 8 heteroatoms. The summed E-state index contributed by atoms with van der Waals surface area (Å²) in [6.45, 7) is 6.17. The Morgan fingerprint density at radius 1 is 1.33 bits per heavy atom. The first kappa shape index (κ1) is 16.5. The summed E-state index contributed by atoms with van der Waals surface area (Å²) >= 11 is 1.33. The van der Waals surface area contributed by atoms with Crippen molar-refractivity contribution in [3.8, 4) is 0 Å². The maximum Gasteiger partial charge on any atom is 0.267 e. The van der Waals surface area contributed by atoms with Gasteiger partial charge in [0, 0.05) is 12.2 Å². The smallest absolute Gasteiger partial charge is 0.267 e. The molecule has 0 radical (unpaired) electrons. The highest BCUT2D eigenvalue weighted by Gasteiger charge is 2.44. The van der Waals surface area contributed by atoms with Gasteiger partial charge in [0.15, 0.2) is 5.82 Å². The lowest BCUT2D eigenvalue weighted by Gasteiger charge is -2.34. The number of hydrogen-bond acceptors (Lipinski definition) is 6. The fourth-order valence-electron chi connectivity index (χ4n) is 3.09. The Morgan fingerprint density at radius 2 is 2.08 bits per heavy atom. The van der Waals surface area contributed by atoms with Gasteiger partial charge in [-0.05, 0) is 39.7 Å². The summed E-state index contributed by atoms with van der Waals surface area (Å²) in [7, 11) is 0. The predicted molar refractivity (Wildman–Crippen MR) is 89.8 cm³/mol. The highest BCUT2D eigenvalue weighted by molar-refractivity contribution is 7.11. The largest absolute Gasteiger partial charge is 0.364 e. The number of primary amides is 1. The van der Waals surface area contributed by atoms with Crippen LogP contribution in [-0.4, -0.2) is 38.2 Å². The molecule has 24 heavy (non-hydrogen) atoms. The number of aryl methyl sites for hydroxylation is 2. The van der Waals surface area contributed by atoms with Gasteiger partial charge in [0.2, 0.25) is 0 Å². The van der Waals surface area contributed by atoms with Crippen LogP contribution in [0, 0.1) is 13.8 Å². The lowest BCUT2D eigenvalue weighted by atomic mass is 9.97. The molecular formula is C16H19N5O2S. The summed E-state index contributed by atoms with van der Waals surface area (Å²) in [5.74, 6) is -0.204. The topological polar surface area (TPSA) is 102 Å². The molecule has 3 rings (SSSR count). The Morgan fingerprint density at radius 3 is 2.71 bits per heavy atom. The van der Waals surface area contributed by atoms with Crippen molar-refractivity contribution >= 4 is 23.2 Å². The minimum Gasteiger partial charge on any atom is -0.364 e. The highest BCUT2D eigenvalue weighted by atomic mass is 32.1. The third kappa shape index (κ3) is 2.66. The third-order valence-corrected chi connectivity index (χ3v) is 5.33. The second-order valence-corrected chi connectivity index (χ2v) is 7.04. The fraction of sp³-hybridized carbons (Fsp3) is 0.438. The van der Waals surface area contributed by atoms with Crippen LogP contribution in [0.3, 0.4) is 0 Å². The van der Waals surface area contributed by atoms with Crippen molar-refractivity contribution in [2.24, 2.45) is 5.73 Å². The first-order chi connectivity index (χ1) is 11.3. The van der Waals surface area contributed by atoms with Gasteiger partial charge in [-0.25, -0.2) is 15.0 Å². The van der Waals surface area contributed by atoms with Gasteiger partial charge in [-0.2, -0.15) is 0 Å². The van der Waals surface area contributed by atoms with E-state index in [1.54, 1.807) is 23.4 Å². The monoisotopic (exact) mass is 345 g/mol. The van der Waals surface area contributed by atoms with E-state index in [0.717, 1.165) is 18.5 Å². The van der Waals surface area contributed by atoms with Crippen LogP contribution in [0.5, 0.6) is 0 Å². The summed E-state index contributed by atoms with van der Waals surface area (Å²) in [4.78, 5) is 39.9. The number of rotatable bonds is 3. The average Bonchev–Trinajstić information content (AvgIpc) is 3.13. The molecule has 1 aliphatic heterocycles. The number of carbonyl (C=O) groups excluding carboxylic acids is 2. The van der Waals surface area contributed by atoms with Gasteiger partial charge in [-0.3, -0.25) is 9.59 Å². The molecule has 1 fully saturated rings. The Balaban J connectivity index is 2.04. The molecular weight excluding hydrogens is 326 g/mol. The van der Waals surface area contributed by atoms with Crippen LogP contribution in [0.25, 0.3) is 0 Å².